The molecule has 0 aromatic heterocycles. The molecule has 3 heteroatoms. The van der Waals surface area contributed by atoms with Gasteiger partial charge in [0.25, 0.3) is 0 Å². The molecule has 64 valence electrons. The second-order valence-electron chi connectivity index (χ2n) is 2.12. The van der Waals surface area contributed by atoms with Crippen LogP contribution in [0.15, 0.2) is 12.3 Å². The minimum atomic E-state index is -0.499. The van der Waals surface area contributed by atoms with Gasteiger partial charge in [-0.3, -0.25) is 0 Å². The molecule has 0 heterocycles. The maximum Gasteiger partial charge on any atom is 0.372 e. The Bertz CT molecular complexity index is 140. The Labute approximate surface area is 67.0 Å². The molecule has 0 spiro atoms. The lowest BCUT2D eigenvalue weighted by molar-refractivity contribution is -0.140. The quantitative estimate of drug-likeness (QED) is 0.263. The van der Waals surface area contributed by atoms with E-state index in [1.54, 1.807) is 0 Å². The van der Waals surface area contributed by atoms with Crippen molar-refractivity contribution in [1.29, 1.82) is 0 Å². The first kappa shape index (κ1) is 10.0. The van der Waals surface area contributed by atoms with Crippen molar-refractivity contribution >= 4 is 5.97 Å². The Hall–Kier alpha value is -0.990. The van der Waals surface area contributed by atoms with E-state index in [0.717, 1.165) is 12.8 Å². The SMILES string of the molecule is C=C(OCCCC)C(=O)OC. The highest BCUT2D eigenvalue weighted by molar-refractivity contribution is 5.85. The molecular weight excluding hydrogens is 144 g/mol. The lowest BCUT2D eigenvalue weighted by Gasteiger charge is -2.04. The van der Waals surface area contributed by atoms with Crippen molar-refractivity contribution < 1.29 is 14.3 Å². The van der Waals surface area contributed by atoms with Gasteiger partial charge in [0.1, 0.15) is 0 Å². The maximum atomic E-state index is 10.7. The molecule has 0 unspecified atom stereocenters. The first-order chi connectivity index (χ1) is 5.22. The molecule has 0 saturated carbocycles. The third kappa shape index (κ3) is 4.42. The van der Waals surface area contributed by atoms with Crippen molar-refractivity contribution in [3.05, 3.63) is 12.3 Å². The molecule has 0 aromatic rings. The van der Waals surface area contributed by atoms with Crippen LogP contribution in [0.5, 0.6) is 0 Å². The maximum absolute atomic E-state index is 10.7. The van der Waals surface area contributed by atoms with Crippen LogP contribution in [-0.2, 0) is 14.3 Å². The van der Waals surface area contributed by atoms with Gasteiger partial charge in [-0.25, -0.2) is 4.79 Å². The summed E-state index contributed by atoms with van der Waals surface area (Å²) in [6.07, 6.45) is 1.96. The van der Waals surface area contributed by atoms with E-state index in [1.807, 2.05) is 6.92 Å². The lowest BCUT2D eigenvalue weighted by atomic mass is 10.4. The van der Waals surface area contributed by atoms with Gasteiger partial charge in [-0.15, -0.1) is 0 Å². The minimum absolute atomic E-state index is 0.0842. The zero-order valence-electron chi connectivity index (χ0n) is 7.05. The molecular formula is C8H14O3. The van der Waals surface area contributed by atoms with E-state index in [1.165, 1.54) is 7.11 Å². The number of hydrogen-bond donors (Lipinski definition) is 0. The normalized spacial score (nSPS) is 8.91. The van der Waals surface area contributed by atoms with E-state index in [0.29, 0.717) is 6.61 Å². The number of ether oxygens (including phenoxy) is 2. The first-order valence-corrected chi connectivity index (χ1v) is 3.62. The van der Waals surface area contributed by atoms with Crippen LogP contribution in [0.2, 0.25) is 0 Å². The number of rotatable bonds is 5. The lowest BCUT2D eigenvalue weighted by Crippen LogP contribution is -2.07. The number of esters is 1. The van der Waals surface area contributed by atoms with E-state index in [2.05, 4.69) is 11.3 Å². The molecule has 0 N–H and O–H groups in total. The van der Waals surface area contributed by atoms with Gasteiger partial charge < -0.3 is 9.47 Å². The van der Waals surface area contributed by atoms with Gasteiger partial charge in [-0.05, 0) is 13.0 Å². The topological polar surface area (TPSA) is 35.5 Å². The Kier molecular flexibility index (Phi) is 5.25. The van der Waals surface area contributed by atoms with Crippen molar-refractivity contribution in [2.45, 2.75) is 19.8 Å². The van der Waals surface area contributed by atoms with Gasteiger partial charge >= 0.3 is 5.97 Å². The Morgan fingerprint density at radius 1 is 1.55 bits per heavy atom. The molecule has 0 bridgehead atoms. The van der Waals surface area contributed by atoms with Crippen LogP contribution in [0.1, 0.15) is 19.8 Å². The number of carbonyl (C=O) groups is 1. The third-order valence-electron chi connectivity index (χ3n) is 1.19. The number of carbonyl (C=O) groups excluding carboxylic acids is 1. The first-order valence-electron chi connectivity index (χ1n) is 3.62. The average Bonchev–Trinajstić information content (AvgIpc) is 2.03. The Balaban J connectivity index is 3.44. The predicted octanol–water partition coefficient (Wildman–Crippen LogP) is 1.49. The highest BCUT2D eigenvalue weighted by Crippen LogP contribution is 1.98. The molecule has 0 fully saturated rings. The largest absolute Gasteiger partial charge is 0.487 e. The van der Waals surface area contributed by atoms with Crippen LogP contribution in [0, 0.1) is 0 Å². The van der Waals surface area contributed by atoms with Crippen LogP contribution in [0.25, 0.3) is 0 Å². The van der Waals surface area contributed by atoms with Crippen LogP contribution < -0.4 is 0 Å². The van der Waals surface area contributed by atoms with Gasteiger partial charge in [-0.2, -0.15) is 0 Å². The van der Waals surface area contributed by atoms with Crippen LogP contribution in [-0.4, -0.2) is 19.7 Å². The summed E-state index contributed by atoms with van der Waals surface area (Å²) in [5.74, 6) is -0.415. The van der Waals surface area contributed by atoms with Crippen molar-refractivity contribution in [1.82, 2.24) is 0 Å². The minimum Gasteiger partial charge on any atom is -0.487 e. The highest BCUT2D eigenvalue weighted by atomic mass is 16.6. The van der Waals surface area contributed by atoms with Gasteiger partial charge in [0, 0.05) is 0 Å². The number of unbranched alkanes of at least 4 members (excludes halogenated alkanes) is 1. The smallest absolute Gasteiger partial charge is 0.372 e. The molecule has 0 aromatic carbocycles. The summed E-state index contributed by atoms with van der Waals surface area (Å²) in [7, 11) is 1.30. The Morgan fingerprint density at radius 3 is 2.64 bits per heavy atom. The number of methoxy groups -OCH3 is 1. The summed E-state index contributed by atoms with van der Waals surface area (Å²) >= 11 is 0. The van der Waals surface area contributed by atoms with Gasteiger partial charge in [0.15, 0.2) is 5.76 Å². The number of hydrogen-bond acceptors (Lipinski definition) is 3. The van der Waals surface area contributed by atoms with Gasteiger partial charge in [0.2, 0.25) is 0 Å². The second-order valence-corrected chi connectivity index (χ2v) is 2.12. The van der Waals surface area contributed by atoms with Gasteiger partial charge in [0.05, 0.1) is 13.7 Å². The van der Waals surface area contributed by atoms with Crippen molar-refractivity contribution in [2.75, 3.05) is 13.7 Å². The monoisotopic (exact) mass is 158 g/mol. The van der Waals surface area contributed by atoms with Crippen LogP contribution in [0.4, 0.5) is 0 Å². The summed E-state index contributed by atoms with van der Waals surface area (Å²) in [6, 6.07) is 0. The van der Waals surface area contributed by atoms with E-state index < -0.39 is 5.97 Å². The summed E-state index contributed by atoms with van der Waals surface area (Å²) in [6.45, 7) is 5.98. The summed E-state index contributed by atoms with van der Waals surface area (Å²) in [5.41, 5.74) is 0. The molecule has 0 saturated heterocycles. The van der Waals surface area contributed by atoms with Gasteiger partial charge in [-0.1, -0.05) is 13.3 Å². The summed E-state index contributed by atoms with van der Waals surface area (Å²) in [4.78, 5) is 10.7. The molecule has 0 rings (SSSR count). The fourth-order valence-electron chi connectivity index (χ4n) is 0.512. The zero-order chi connectivity index (χ0) is 8.69. The van der Waals surface area contributed by atoms with E-state index in [-0.39, 0.29) is 5.76 Å². The molecule has 0 aliphatic rings. The fourth-order valence-corrected chi connectivity index (χ4v) is 0.512. The van der Waals surface area contributed by atoms with Crippen LogP contribution in [0.3, 0.4) is 0 Å². The molecule has 3 nitrogen and oxygen atoms in total. The van der Waals surface area contributed by atoms with E-state index in [9.17, 15) is 4.79 Å². The molecule has 0 amide bonds. The fraction of sp³-hybridized carbons (Fsp3) is 0.625. The van der Waals surface area contributed by atoms with E-state index >= 15 is 0 Å². The van der Waals surface area contributed by atoms with Crippen molar-refractivity contribution in [3.63, 3.8) is 0 Å². The molecule has 0 radical (unpaired) electrons. The molecule has 0 atom stereocenters. The van der Waals surface area contributed by atoms with Crippen molar-refractivity contribution in [2.24, 2.45) is 0 Å². The standard InChI is InChI=1S/C8H14O3/c1-4-5-6-11-7(2)8(9)10-3/h2,4-6H2,1,3H3. The summed E-state index contributed by atoms with van der Waals surface area (Å²) in [5, 5.41) is 0. The third-order valence-corrected chi connectivity index (χ3v) is 1.19. The molecule has 11 heavy (non-hydrogen) atoms. The Morgan fingerprint density at radius 2 is 2.18 bits per heavy atom. The zero-order valence-corrected chi connectivity index (χ0v) is 7.05. The average molecular weight is 158 g/mol. The van der Waals surface area contributed by atoms with Crippen molar-refractivity contribution in [3.8, 4) is 0 Å². The summed E-state index contributed by atoms with van der Waals surface area (Å²) < 4.78 is 9.35. The van der Waals surface area contributed by atoms with E-state index in [4.69, 9.17) is 4.74 Å². The van der Waals surface area contributed by atoms with Crippen LogP contribution >= 0.6 is 0 Å². The highest BCUT2D eigenvalue weighted by Gasteiger charge is 2.05. The molecule has 0 aliphatic carbocycles. The molecule has 0 aliphatic heterocycles. The predicted molar refractivity (Wildman–Crippen MR) is 42.0 cm³/mol. The second kappa shape index (κ2) is 5.77.